The van der Waals surface area contributed by atoms with Gasteiger partial charge in [0.15, 0.2) is 58.7 Å². The van der Waals surface area contributed by atoms with Gasteiger partial charge in [0, 0.05) is 11.1 Å². The minimum Gasteiger partial charge on any atom is -0.493 e. The Morgan fingerprint density at radius 1 is 0.438 bits per heavy atom. The van der Waals surface area contributed by atoms with Gasteiger partial charge >= 0.3 is 11.9 Å². The zero-order chi connectivity index (χ0) is 46.3. The van der Waals surface area contributed by atoms with Crippen LogP contribution >= 0.6 is 0 Å². The van der Waals surface area contributed by atoms with Crippen molar-refractivity contribution in [3.05, 3.63) is 23.3 Å². The monoisotopic (exact) mass is 906 g/mol. The highest BCUT2D eigenvalue weighted by molar-refractivity contribution is 6.08. The molecule has 6 aliphatic heterocycles. The fourth-order valence-corrected chi connectivity index (χ4v) is 9.26. The molecule has 20 heteroatoms. The second-order valence-electron chi connectivity index (χ2n) is 17.7. The summed E-state index contributed by atoms with van der Waals surface area (Å²) in [5.41, 5.74) is -0.265. The molecule has 20 nitrogen and oxygen atoms in total. The van der Waals surface area contributed by atoms with Crippen molar-refractivity contribution < 1.29 is 94.9 Å². The van der Waals surface area contributed by atoms with Crippen LogP contribution in [0.25, 0.3) is 11.1 Å². The predicted octanol–water partition coefficient (Wildman–Crippen LogP) is 4.51. The third kappa shape index (κ3) is 8.30. The van der Waals surface area contributed by atoms with Crippen LogP contribution < -0.4 is 28.4 Å². The molecular weight excluding hydrogens is 848 g/mol. The van der Waals surface area contributed by atoms with Gasteiger partial charge in [-0.15, -0.1) is 0 Å². The maximum atomic E-state index is 14.7. The molecule has 0 amide bonds. The second kappa shape index (κ2) is 16.9. The summed E-state index contributed by atoms with van der Waals surface area (Å²) in [7, 11) is 8.31. The lowest BCUT2D eigenvalue weighted by atomic mass is 9.91. The van der Waals surface area contributed by atoms with Gasteiger partial charge in [-0.3, -0.25) is 0 Å². The van der Waals surface area contributed by atoms with Gasteiger partial charge in [0.2, 0.25) is 11.5 Å². The second-order valence-corrected chi connectivity index (χ2v) is 17.7. The molecular formula is C44H58O20. The van der Waals surface area contributed by atoms with E-state index in [9.17, 15) is 9.59 Å². The van der Waals surface area contributed by atoms with Crippen molar-refractivity contribution >= 4 is 11.9 Å². The summed E-state index contributed by atoms with van der Waals surface area (Å²) in [6.07, 6.45) is -7.19. The molecule has 64 heavy (non-hydrogen) atoms. The van der Waals surface area contributed by atoms with Crippen molar-refractivity contribution in [3.63, 3.8) is 0 Å². The maximum absolute atomic E-state index is 14.7. The topological polar surface area (TPSA) is 200 Å². The molecule has 10 atom stereocenters. The number of fused-ring (bicyclic) bond motifs is 6. The largest absolute Gasteiger partial charge is 0.493 e. The summed E-state index contributed by atoms with van der Waals surface area (Å²) in [4.78, 5) is 29.4. The molecule has 0 bridgehead atoms. The third-order valence-corrected chi connectivity index (χ3v) is 11.6. The van der Waals surface area contributed by atoms with E-state index in [2.05, 4.69) is 0 Å². The molecule has 354 valence electrons. The van der Waals surface area contributed by atoms with Crippen molar-refractivity contribution in [2.45, 2.75) is 140 Å². The fourth-order valence-electron chi connectivity index (χ4n) is 9.26. The van der Waals surface area contributed by atoms with Crippen LogP contribution in [-0.4, -0.2) is 152 Å². The van der Waals surface area contributed by atoms with E-state index in [0.717, 1.165) is 0 Å². The molecule has 2 aromatic rings. The van der Waals surface area contributed by atoms with Gasteiger partial charge in [0.1, 0.15) is 62.0 Å². The van der Waals surface area contributed by atoms with Gasteiger partial charge in [-0.1, -0.05) is 0 Å². The first-order chi connectivity index (χ1) is 30.2. The van der Waals surface area contributed by atoms with E-state index in [4.69, 9.17) is 85.3 Å². The van der Waals surface area contributed by atoms with Crippen LogP contribution in [0.2, 0.25) is 0 Å². The molecule has 6 saturated heterocycles. The summed E-state index contributed by atoms with van der Waals surface area (Å²) in [5.74, 6) is -5.37. The molecule has 0 saturated carbocycles. The first-order valence-corrected chi connectivity index (χ1v) is 20.9. The number of hydrogen-bond donors (Lipinski definition) is 0. The maximum Gasteiger partial charge on any atom is 0.339 e. The Morgan fingerprint density at radius 2 is 0.750 bits per heavy atom. The Bertz CT molecular complexity index is 1970. The van der Waals surface area contributed by atoms with Crippen LogP contribution in [0.5, 0.6) is 34.5 Å². The number of carbonyl (C=O) groups is 2. The molecule has 8 rings (SSSR count). The Morgan fingerprint density at radius 3 is 1.08 bits per heavy atom. The number of rotatable bonds is 13. The molecule has 0 unspecified atom stereocenters. The first kappa shape index (κ1) is 46.3. The highest BCUT2D eigenvalue weighted by Gasteiger charge is 2.62. The Balaban J connectivity index is 1.17. The quantitative estimate of drug-likeness (QED) is 0.254. The van der Waals surface area contributed by atoms with Crippen molar-refractivity contribution in [2.75, 3.05) is 55.9 Å². The molecule has 6 fully saturated rings. The van der Waals surface area contributed by atoms with E-state index in [1.165, 1.54) is 54.8 Å². The van der Waals surface area contributed by atoms with Crippen LogP contribution in [0.3, 0.4) is 0 Å². The number of benzene rings is 2. The highest BCUT2D eigenvalue weighted by atomic mass is 16.9. The van der Waals surface area contributed by atoms with E-state index in [1.54, 1.807) is 55.4 Å². The lowest BCUT2D eigenvalue weighted by Crippen LogP contribution is -2.56. The SMILES string of the molecule is COc1cc(C(=O)OC[C@H]2O[C@@H]3OC(C)(C)O[C@@H]3[C@H]3OC(C)(C)O[C@H]32)c(-c2c(C(=O)OC[C@H]3O[C@@H]4OC(C)(C)O[C@@H]4[C@H]4OC(C)(C)O[C@H]43)cc(OC)c(OC)c2OC)c(OC)c1OC. The first-order valence-electron chi connectivity index (χ1n) is 20.9. The molecule has 0 spiro atoms. The minimum absolute atomic E-state index is 0.00176. The van der Waals surface area contributed by atoms with E-state index in [-0.39, 0.29) is 70.0 Å². The Kier molecular flexibility index (Phi) is 12.2. The van der Waals surface area contributed by atoms with Crippen LogP contribution in [-0.2, 0) is 56.8 Å². The summed E-state index contributed by atoms with van der Waals surface area (Å²) >= 11 is 0. The van der Waals surface area contributed by atoms with Gasteiger partial charge < -0.3 is 85.3 Å². The normalized spacial score (nSPS) is 32.3. The summed E-state index contributed by atoms with van der Waals surface area (Å²) in [6, 6.07) is 2.80. The zero-order valence-electron chi connectivity index (χ0n) is 38.5. The molecule has 0 aliphatic carbocycles. The predicted molar refractivity (Wildman–Crippen MR) is 217 cm³/mol. The van der Waals surface area contributed by atoms with Gasteiger partial charge in [0.25, 0.3) is 0 Å². The molecule has 0 radical (unpaired) electrons. The molecule has 6 heterocycles. The van der Waals surface area contributed by atoms with Crippen molar-refractivity contribution in [3.8, 4) is 45.6 Å². The number of hydrogen-bond acceptors (Lipinski definition) is 20. The van der Waals surface area contributed by atoms with E-state index >= 15 is 0 Å². The number of methoxy groups -OCH3 is 6. The van der Waals surface area contributed by atoms with Crippen molar-refractivity contribution in [1.82, 2.24) is 0 Å². The van der Waals surface area contributed by atoms with Gasteiger partial charge in [0.05, 0.1) is 53.8 Å². The lowest BCUT2D eigenvalue weighted by molar-refractivity contribution is -0.240. The summed E-state index contributed by atoms with van der Waals surface area (Å²) in [5, 5.41) is 0. The van der Waals surface area contributed by atoms with Crippen LogP contribution in [0, 0.1) is 0 Å². The van der Waals surface area contributed by atoms with Gasteiger partial charge in [-0.2, -0.15) is 0 Å². The molecule has 0 N–H and O–H groups in total. The van der Waals surface area contributed by atoms with Crippen molar-refractivity contribution in [2.24, 2.45) is 0 Å². The Hall–Kier alpha value is -4.22. The van der Waals surface area contributed by atoms with Gasteiger partial charge in [-0.25, -0.2) is 9.59 Å². The Labute approximate surface area is 370 Å². The average molecular weight is 907 g/mol. The van der Waals surface area contributed by atoms with E-state index in [0.29, 0.717) is 0 Å². The standard InChI is InChI=1S/C44H58O20/c1-41(2)57-29-23(55-39-35(33(29)59-41)61-43(5,6)63-39)17-53-37(45)19-15-21(47-9)27(49-11)31(51-13)25(19)26-20(16-22(48-10)28(50-12)32(26)52-14)38(46)54-18-24-30-34(60-42(3,4)58-30)36-40(56-24)64-44(7,8)62-36/h15-16,23-24,29-30,33-36,39-40H,17-18H2,1-14H3/t23-,24-,29+,30+,33+,34+,35-,36-,39-,40-/m1/s1. The smallest absolute Gasteiger partial charge is 0.339 e. The zero-order valence-corrected chi connectivity index (χ0v) is 38.5. The summed E-state index contributed by atoms with van der Waals surface area (Å²) < 4.78 is 109. The lowest BCUT2D eigenvalue weighted by Gasteiger charge is -2.37. The van der Waals surface area contributed by atoms with Gasteiger partial charge in [-0.05, 0) is 67.5 Å². The fraction of sp³-hybridized carbons (Fsp3) is 0.682. The average Bonchev–Trinajstić information content (AvgIpc) is 3.95. The molecule has 2 aromatic carbocycles. The van der Waals surface area contributed by atoms with E-state index in [1.807, 2.05) is 0 Å². The number of esters is 2. The number of carbonyl (C=O) groups excluding carboxylic acids is 2. The minimum atomic E-state index is -0.998. The molecule has 6 aliphatic rings. The van der Waals surface area contributed by atoms with Crippen LogP contribution in [0.4, 0.5) is 0 Å². The summed E-state index contributed by atoms with van der Waals surface area (Å²) in [6.45, 7) is 13.5. The highest BCUT2D eigenvalue weighted by Crippen LogP contribution is 2.55. The molecule has 0 aromatic heterocycles. The van der Waals surface area contributed by atoms with Crippen molar-refractivity contribution in [1.29, 1.82) is 0 Å². The van der Waals surface area contributed by atoms with Crippen LogP contribution in [0.1, 0.15) is 76.1 Å². The third-order valence-electron chi connectivity index (χ3n) is 11.6. The van der Waals surface area contributed by atoms with Crippen LogP contribution in [0.15, 0.2) is 12.1 Å². The number of ether oxygens (including phenoxy) is 18. The van der Waals surface area contributed by atoms with E-state index < -0.39 is 96.5 Å².